The van der Waals surface area contributed by atoms with E-state index in [0.29, 0.717) is 23.8 Å². The summed E-state index contributed by atoms with van der Waals surface area (Å²) in [5, 5.41) is 3.33. The van der Waals surface area contributed by atoms with Crippen LogP contribution in [0.5, 0.6) is 0 Å². The summed E-state index contributed by atoms with van der Waals surface area (Å²) in [4.78, 5) is 14.7. The quantitative estimate of drug-likeness (QED) is 0.930. The third-order valence-electron chi connectivity index (χ3n) is 5.02. The fourth-order valence-corrected chi connectivity index (χ4v) is 3.81. The van der Waals surface area contributed by atoms with Gasteiger partial charge in [0.05, 0.1) is 6.04 Å². The average Bonchev–Trinajstić information content (AvgIpc) is 2.90. The van der Waals surface area contributed by atoms with Gasteiger partial charge in [0.15, 0.2) is 0 Å². The van der Waals surface area contributed by atoms with E-state index >= 15 is 0 Å². The van der Waals surface area contributed by atoms with Gasteiger partial charge < -0.3 is 10.2 Å². The Morgan fingerprint density at radius 2 is 2.05 bits per heavy atom. The van der Waals surface area contributed by atoms with Crippen molar-refractivity contribution in [3.63, 3.8) is 0 Å². The molecular weight excluding hydrogens is 279 g/mol. The molecule has 2 atom stereocenters. The van der Waals surface area contributed by atoms with E-state index in [9.17, 15) is 9.18 Å². The van der Waals surface area contributed by atoms with Crippen molar-refractivity contribution in [1.29, 1.82) is 0 Å². The van der Waals surface area contributed by atoms with Gasteiger partial charge in [-0.2, -0.15) is 0 Å². The van der Waals surface area contributed by atoms with Crippen molar-refractivity contribution in [2.45, 2.75) is 38.6 Å². The number of amides is 1. The Kier molecular flexibility index (Phi) is 4.77. The van der Waals surface area contributed by atoms with E-state index < -0.39 is 0 Å². The van der Waals surface area contributed by atoms with Gasteiger partial charge in [-0.15, -0.1) is 0 Å². The largest absolute Gasteiger partial charge is 0.335 e. The molecular formula is C18H25FN2O. The lowest BCUT2D eigenvalue weighted by atomic mass is 9.93. The number of hydrogen-bond donors (Lipinski definition) is 1. The number of piperidine rings is 1. The Hall–Kier alpha value is -1.42. The van der Waals surface area contributed by atoms with E-state index in [2.05, 4.69) is 12.2 Å². The SMILES string of the molecule is C[C@H]1C[C@@H](c2ccccc2F)N(C(=O)CC2CCNCC2)C1. The molecule has 2 aliphatic rings. The fraction of sp³-hybridized carbons (Fsp3) is 0.611. The van der Waals surface area contributed by atoms with Crippen molar-refractivity contribution in [3.8, 4) is 0 Å². The third-order valence-corrected chi connectivity index (χ3v) is 5.02. The molecule has 2 aliphatic heterocycles. The Balaban J connectivity index is 1.72. The van der Waals surface area contributed by atoms with Crippen LogP contribution in [-0.2, 0) is 4.79 Å². The molecule has 1 N–H and O–H groups in total. The Bertz CT molecular complexity index is 528. The first kappa shape index (κ1) is 15.5. The minimum Gasteiger partial charge on any atom is -0.335 e. The van der Waals surface area contributed by atoms with Crippen LogP contribution in [0.4, 0.5) is 4.39 Å². The molecule has 0 aromatic heterocycles. The van der Waals surface area contributed by atoms with E-state index in [4.69, 9.17) is 0 Å². The van der Waals surface area contributed by atoms with Crippen LogP contribution < -0.4 is 5.32 Å². The van der Waals surface area contributed by atoms with Crippen LogP contribution in [0.3, 0.4) is 0 Å². The third kappa shape index (κ3) is 3.32. The maximum Gasteiger partial charge on any atom is 0.223 e. The molecule has 22 heavy (non-hydrogen) atoms. The van der Waals surface area contributed by atoms with Crippen LogP contribution in [-0.4, -0.2) is 30.4 Å². The molecule has 1 amide bonds. The summed E-state index contributed by atoms with van der Waals surface area (Å²) in [5.74, 6) is 0.915. The van der Waals surface area contributed by atoms with Gasteiger partial charge in [-0.05, 0) is 50.3 Å². The van der Waals surface area contributed by atoms with Crippen molar-refractivity contribution >= 4 is 5.91 Å². The van der Waals surface area contributed by atoms with E-state index in [0.717, 1.165) is 38.9 Å². The highest BCUT2D eigenvalue weighted by atomic mass is 19.1. The molecule has 120 valence electrons. The van der Waals surface area contributed by atoms with Gasteiger partial charge in [-0.1, -0.05) is 25.1 Å². The number of rotatable bonds is 3. The Morgan fingerprint density at radius 1 is 1.32 bits per heavy atom. The zero-order valence-corrected chi connectivity index (χ0v) is 13.2. The monoisotopic (exact) mass is 304 g/mol. The number of likely N-dealkylation sites (tertiary alicyclic amines) is 1. The molecule has 0 unspecified atom stereocenters. The fourth-order valence-electron chi connectivity index (χ4n) is 3.81. The van der Waals surface area contributed by atoms with Gasteiger partial charge >= 0.3 is 0 Å². The molecule has 0 aliphatic carbocycles. The van der Waals surface area contributed by atoms with Crippen LogP contribution in [0.15, 0.2) is 24.3 Å². The minimum absolute atomic E-state index is 0.0922. The van der Waals surface area contributed by atoms with Crippen LogP contribution >= 0.6 is 0 Å². The highest BCUT2D eigenvalue weighted by Gasteiger charge is 2.36. The summed E-state index contributed by atoms with van der Waals surface area (Å²) in [6.07, 6.45) is 3.61. The van der Waals surface area contributed by atoms with E-state index in [-0.39, 0.29) is 17.8 Å². The number of carbonyl (C=O) groups is 1. The van der Waals surface area contributed by atoms with E-state index in [1.54, 1.807) is 6.07 Å². The number of carbonyl (C=O) groups excluding carboxylic acids is 1. The maximum atomic E-state index is 14.1. The maximum absolute atomic E-state index is 14.1. The average molecular weight is 304 g/mol. The number of halogens is 1. The lowest BCUT2D eigenvalue weighted by molar-refractivity contribution is -0.133. The number of nitrogens with zero attached hydrogens (tertiary/aromatic N) is 1. The van der Waals surface area contributed by atoms with E-state index in [1.165, 1.54) is 6.07 Å². The summed E-state index contributed by atoms with van der Waals surface area (Å²) in [5.41, 5.74) is 0.672. The van der Waals surface area contributed by atoms with Crippen LogP contribution in [0, 0.1) is 17.7 Å². The summed E-state index contributed by atoms with van der Waals surface area (Å²) in [6.45, 7) is 4.91. The first-order valence-corrected chi connectivity index (χ1v) is 8.39. The summed E-state index contributed by atoms with van der Waals surface area (Å²) < 4.78 is 14.1. The molecule has 0 spiro atoms. The predicted octanol–water partition coefficient (Wildman–Crippen LogP) is 3.12. The van der Waals surface area contributed by atoms with Crippen LogP contribution in [0.25, 0.3) is 0 Å². The van der Waals surface area contributed by atoms with Gasteiger partial charge in [0, 0.05) is 18.5 Å². The molecule has 4 heteroatoms. The second-order valence-corrected chi connectivity index (χ2v) is 6.82. The lowest BCUT2D eigenvalue weighted by Gasteiger charge is -2.29. The number of hydrogen-bond acceptors (Lipinski definition) is 2. The van der Waals surface area contributed by atoms with Crippen molar-refractivity contribution in [2.75, 3.05) is 19.6 Å². The van der Waals surface area contributed by atoms with E-state index in [1.807, 2.05) is 17.0 Å². The smallest absolute Gasteiger partial charge is 0.223 e. The Morgan fingerprint density at radius 3 is 2.77 bits per heavy atom. The van der Waals surface area contributed by atoms with Gasteiger partial charge in [0.2, 0.25) is 5.91 Å². The van der Waals surface area contributed by atoms with Crippen molar-refractivity contribution in [2.24, 2.45) is 11.8 Å². The van der Waals surface area contributed by atoms with Crippen molar-refractivity contribution in [1.82, 2.24) is 10.2 Å². The Labute approximate surface area is 131 Å². The van der Waals surface area contributed by atoms with Crippen LogP contribution in [0.1, 0.15) is 44.2 Å². The van der Waals surface area contributed by atoms with Gasteiger partial charge in [-0.25, -0.2) is 4.39 Å². The molecule has 2 heterocycles. The second-order valence-electron chi connectivity index (χ2n) is 6.82. The highest BCUT2D eigenvalue weighted by Crippen LogP contribution is 2.37. The number of benzene rings is 1. The predicted molar refractivity (Wildman–Crippen MR) is 84.8 cm³/mol. The first-order chi connectivity index (χ1) is 10.6. The van der Waals surface area contributed by atoms with Gasteiger partial charge in [0.25, 0.3) is 0 Å². The molecule has 2 fully saturated rings. The molecule has 0 radical (unpaired) electrons. The van der Waals surface area contributed by atoms with Gasteiger partial charge in [-0.3, -0.25) is 4.79 Å². The standard InChI is InChI=1S/C18H25FN2O/c1-13-10-17(15-4-2-3-5-16(15)19)21(12-13)18(22)11-14-6-8-20-9-7-14/h2-5,13-14,17,20H,6-12H2,1H3/t13-,17-/m0/s1. The normalized spacial score (nSPS) is 26.4. The van der Waals surface area contributed by atoms with Gasteiger partial charge in [0.1, 0.15) is 5.82 Å². The number of nitrogens with one attached hydrogen (secondary N) is 1. The molecule has 2 saturated heterocycles. The zero-order valence-electron chi connectivity index (χ0n) is 13.2. The first-order valence-electron chi connectivity index (χ1n) is 8.39. The summed E-state index contributed by atoms with van der Waals surface area (Å²) >= 11 is 0. The molecule has 1 aromatic carbocycles. The minimum atomic E-state index is -0.193. The lowest BCUT2D eigenvalue weighted by Crippen LogP contribution is -2.35. The molecule has 0 bridgehead atoms. The molecule has 3 rings (SSSR count). The summed E-state index contributed by atoms with van der Waals surface area (Å²) in [6, 6.07) is 6.79. The topological polar surface area (TPSA) is 32.3 Å². The van der Waals surface area contributed by atoms with Crippen molar-refractivity contribution < 1.29 is 9.18 Å². The molecule has 3 nitrogen and oxygen atoms in total. The molecule has 1 aromatic rings. The zero-order chi connectivity index (χ0) is 15.5. The summed E-state index contributed by atoms with van der Waals surface area (Å²) in [7, 11) is 0. The molecule has 0 saturated carbocycles. The van der Waals surface area contributed by atoms with Crippen molar-refractivity contribution in [3.05, 3.63) is 35.6 Å². The second kappa shape index (κ2) is 6.78. The van der Waals surface area contributed by atoms with Crippen LogP contribution in [0.2, 0.25) is 0 Å². The highest BCUT2D eigenvalue weighted by molar-refractivity contribution is 5.77.